The van der Waals surface area contributed by atoms with Gasteiger partial charge in [0.1, 0.15) is 17.5 Å². The van der Waals surface area contributed by atoms with Gasteiger partial charge in [0.2, 0.25) is 11.9 Å². The van der Waals surface area contributed by atoms with Crippen molar-refractivity contribution in [2.45, 2.75) is 43.9 Å². The lowest BCUT2D eigenvalue weighted by Crippen LogP contribution is -2.58. The zero-order chi connectivity index (χ0) is 19.7. The van der Waals surface area contributed by atoms with E-state index in [1.165, 1.54) is 12.1 Å². The van der Waals surface area contributed by atoms with Gasteiger partial charge in [0.25, 0.3) is 0 Å². The van der Waals surface area contributed by atoms with Crippen LogP contribution in [0.3, 0.4) is 0 Å². The van der Waals surface area contributed by atoms with Crippen molar-refractivity contribution in [1.29, 1.82) is 5.26 Å². The normalized spacial score (nSPS) is 19.3. The minimum absolute atomic E-state index is 0.0296. The summed E-state index contributed by atoms with van der Waals surface area (Å²) in [7, 11) is 0. The molecular formula is C17H19F3N6O. The van der Waals surface area contributed by atoms with Crippen molar-refractivity contribution in [2.24, 2.45) is 21.5 Å². The van der Waals surface area contributed by atoms with Crippen LogP contribution < -0.4 is 21.1 Å². The highest BCUT2D eigenvalue weighted by molar-refractivity contribution is 6.05. The second-order valence-corrected chi connectivity index (χ2v) is 6.51. The molecule has 1 heterocycles. The minimum Gasteiger partial charge on any atom is -0.483 e. The number of anilines is 1. The Morgan fingerprint density at radius 2 is 1.93 bits per heavy atom. The molecule has 7 nitrogen and oxygen atoms in total. The van der Waals surface area contributed by atoms with Gasteiger partial charge in [0.05, 0.1) is 5.56 Å². The molecule has 1 saturated carbocycles. The lowest BCUT2D eigenvalue weighted by Gasteiger charge is -2.45. The first-order valence-corrected chi connectivity index (χ1v) is 8.47. The molecule has 4 N–H and O–H groups in total. The number of aliphatic imine (C=N–C) groups is 2. The second-order valence-electron chi connectivity index (χ2n) is 6.51. The Bertz CT molecular complexity index is 821. The fourth-order valence-corrected chi connectivity index (χ4v) is 3.52. The number of ether oxygens (including phenoxy) is 1. The average Bonchev–Trinajstić information content (AvgIpc) is 2.59. The molecule has 0 atom stereocenters. The molecule has 1 fully saturated rings. The highest BCUT2D eigenvalue weighted by Crippen LogP contribution is 2.40. The van der Waals surface area contributed by atoms with Gasteiger partial charge in [-0.1, -0.05) is 6.42 Å². The second kappa shape index (κ2) is 6.98. The number of nitriles is 1. The number of hydrogen-bond acceptors (Lipinski definition) is 7. The molecule has 1 aromatic carbocycles. The summed E-state index contributed by atoms with van der Waals surface area (Å²) in [6, 6.07) is 6.17. The Labute approximate surface area is 154 Å². The maximum Gasteiger partial charge on any atom is 0.422 e. The van der Waals surface area contributed by atoms with Crippen LogP contribution in [0.25, 0.3) is 0 Å². The third kappa shape index (κ3) is 3.92. The summed E-state index contributed by atoms with van der Waals surface area (Å²) in [6.45, 7) is -1.47. The Morgan fingerprint density at radius 3 is 2.56 bits per heavy atom. The van der Waals surface area contributed by atoms with Crippen molar-refractivity contribution in [1.82, 2.24) is 0 Å². The van der Waals surface area contributed by atoms with Crippen molar-refractivity contribution in [3.63, 3.8) is 0 Å². The lowest BCUT2D eigenvalue weighted by molar-refractivity contribution is -0.153. The summed E-state index contributed by atoms with van der Waals surface area (Å²) < 4.78 is 41.9. The Morgan fingerprint density at radius 1 is 1.22 bits per heavy atom. The number of nitrogens with two attached hydrogens (primary N) is 2. The van der Waals surface area contributed by atoms with Crippen molar-refractivity contribution < 1.29 is 17.9 Å². The SMILES string of the molecule is N#Cc1cc(N2C(N)=NC(N)=NC23CCCCC3)ccc1OCC(F)(F)F. The van der Waals surface area contributed by atoms with E-state index in [4.69, 9.17) is 16.2 Å². The average molecular weight is 380 g/mol. The number of halogens is 3. The van der Waals surface area contributed by atoms with Crippen LogP contribution in [-0.4, -0.2) is 30.4 Å². The molecule has 0 saturated heterocycles. The lowest BCUT2D eigenvalue weighted by atomic mass is 9.87. The monoisotopic (exact) mass is 380 g/mol. The predicted octanol–water partition coefficient (Wildman–Crippen LogP) is 2.61. The number of alkyl halides is 3. The maximum absolute atomic E-state index is 12.4. The molecule has 1 aromatic rings. The molecule has 1 aliphatic carbocycles. The number of hydrogen-bond donors (Lipinski definition) is 2. The molecule has 2 aliphatic rings. The third-order valence-corrected chi connectivity index (χ3v) is 4.58. The number of nitrogens with zero attached hydrogens (tertiary/aromatic N) is 4. The largest absolute Gasteiger partial charge is 0.483 e. The van der Waals surface area contributed by atoms with E-state index < -0.39 is 18.4 Å². The maximum atomic E-state index is 12.4. The van der Waals surface area contributed by atoms with E-state index in [1.807, 2.05) is 6.07 Å². The van der Waals surface area contributed by atoms with Crippen molar-refractivity contribution in [3.05, 3.63) is 23.8 Å². The van der Waals surface area contributed by atoms with E-state index >= 15 is 0 Å². The van der Waals surface area contributed by atoms with Gasteiger partial charge in [0.15, 0.2) is 6.61 Å². The van der Waals surface area contributed by atoms with E-state index in [-0.39, 0.29) is 23.2 Å². The summed E-state index contributed by atoms with van der Waals surface area (Å²) in [5, 5.41) is 9.34. The van der Waals surface area contributed by atoms with Gasteiger partial charge in [-0.2, -0.15) is 23.4 Å². The molecule has 0 amide bonds. The molecule has 0 bridgehead atoms. The molecule has 1 aliphatic heterocycles. The molecule has 0 radical (unpaired) electrons. The number of rotatable bonds is 3. The van der Waals surface area contributed by atoms with Crippen LogP contribution in [-0.2, 0) is 0 Å². The molecule has 0 aromatic heterocycles. The zero-order valence-corrected chi connectivity index (χ0v) is 14.5. The van der Waals surface area contributed by atoms with E-state index in [0.29, 0.717) is 18.5 Å². The fourth-order valence-electron chi connectivity index (χ4n) is 3.52. The Balaban J connectivity index is 1.97. The topological polar surface area (TPSA) is 113 Å². The minimum atomic E-state index is -4.49. The van der Waals surface area contributed by atoms with Crippen LogP contribution in [0, 0.1) is 11.3 Å². The quantitative estimate of drug-likeness (QED) is 0.837. The van der Waals surface area contributed by atoms with E-state index in [9.17, 15) is 18.4 Å². The van der Waals surface area contributed by atoms with Gasteiger partial charge in [-0.3, -0.25) is 4.90 Å². The summed E-state index contributed by atoms with van der Waals surface area (Å²) in [4.78, 5) is 10.2. The smallest absolute Gasteiger partial charge is 0.422 e. The van der Waals surface area contributed by atoms with Gasteiger partial charge < -0.3 is 16.2 Å². The summed E-state index contributed by atoms with van der Waals surface area (Å²) in [6.07, 6.45) is -0.156. The van der Waals surface area contributed by atoms with Crippen LogP contribution in [0.4, 0.5) is 18.9 Å². The standard InChI is InChI=1S/C17H19F3N6O/c18-17(19,20)10-27-13-5-4-12(8-11(13)9-21)26-15(23)24-14(22)25-16(26)6-2-1-3-7-16/h4-5,8H,1-3,6-7,10H2,(H4,22,23,24,25). The van der Waals surface area contributed by atoms with Crippen molar-refractivity contribution in [2.75, 3.05) is 11.5 Å². The summed E-state index contributed by atoms with van der Waals surface area (Å²) >= 11 is 0. The number of guanidine groups is 2. The molecule has 0 unspecified atom stereocenters. The van der Waals surface area contributed by atoms with E-state index in [1.54, 1.807) is 11.0 Å². The van der Waals surface area contributed by atoms with Crippen LogP contribution in [0.1, 0.15) is 37.7 Å². The molecular weight excluding hydrogens is 361 g/mol. The van der Waals surface area contributed by atoms with E-state index in [0.717, 1.165) is 19.3 Å². The molecule has 3 rings (SSSR count). The molecule has 10 heteroatoms. The molecule has 27 heavy (non-hydrogen) atoms. The van der Waals surface area contributed by atoms with Gasteiger partial charge >= 0.3 is 6.18 Å². The predicted molar refractivity (Wildman–Crippen MR) is 94.2 cm³/mol. The van der Waals surface area contributed by atoms with Gasteiger partial charge in [-0.05, 0) is 43.9 Å². The molecule has 144 valence electrons. The molecule has 1 spiro atoms. The first-order chi connectivity index (χ1) is 12.7. The highest BCUT2D eigenvalue weighted by atomic mass is 19.4. The van der Waals surface area contributed by atoms with Crippen LogP contribution in [0.5, 0.6) is 5.75 Å². The fraction of sp³-hybridized carbons (Fsp3) is 0.471. The van der Waals surface area contributed by atoms with Crippen LogP contribution in [0.2, 0.25) is 0 Å². The zero-order valence-electron chi connectivity index (χ0n) is 14.5. The first-order valence-electron chi connectivity index (χ1n) is 8.47. The Kier molecular flexibility index (Phi) is 4.87. The third-order valence-electron chi connectivity index (χ3n) is 4.58. The number of benzene rings is 1. The summed E-state index contributed by atoms with van der Waals surface area (Å²) in [5.74, 6) is 0.0836. The van der Waals surface area contributed by atoms with Gasteiger partial charge in [-0.15, -0.1) is 0 Å². The highest BCUT2D eigenvalue weighted by Gasteiger charge is 2.42. The van der Waals surface area contributed by atoms with Gasteiger partial charge in [-0.25, -0.2) is 4.99 Å². The van der Waals surface area contributed by atoms with Crippen LogP contribution >= 0.6 is 0 Å². The van der Waals surface area contributed by atoms with Crippen molar-refractivity contribution >= 4 is 17.6 Å². The Hall–Kier alpha value is -2.96. The van der Waals surface area contributed by atoms with Gasteiger partial charge in [0, 0.05) is 5.69 Å². The van der Waals surface area contributed by atoms with E-state index in [2.05, 4.69) is 9.98 Å². The van der Waals surface area contributed by atoms with Crippen LogP contribution in [0.15, 0.2) is 28.2 Å². The summed E-state index contributed by atoms with van der Waals surface area (Å²) in [5.41, 5.74) is 11.7. The van der Waals surface area contributed by atoms with Crippen molar-refractivity contribution in [3.8, 4) is 11.8 Å². The first kappa shape index (κ1) is 18.8.